The number of halogens is 2. The second-order valence-corrected chi connectivity index (χ2v) is 8.61. The van der Waals surface area contributed by atoms with E-state index in [4.69, 9.17) is 21.1 Å². The molecule has 1 heterocycles. The molecule has 0 radical (unpaired) electrons. The van der Waals surface area contributed by atoms with Crippen LogP contribution in [0.4, 0.5) is 11.4 Å². The number of nitrogens with one attached hydrogen (secondary N) is 1. The Morgan fingerprint density at radius 3 is 2.65 bits per heavy atom. The summed E-state index contributed by atoms with van der Waals surface area (Å²) in [5, 5.41) is 0.480. The molecular formula is C17H18BrClN2O4S. The average molecular weight is 462 g/mol. The molecule has 1 saturated heterocycles. The van der Waals surface area contributed by atoms with Gasteiger partial charge in [0.1, 0.15) is 10.6 Å². The minimum absolute atomic E-state index is 0.0438. The highest BCUT2D eigenvalue weighted by atomic mass is 79.9. The van der Waals surface area contributed by atoms with Gasteiger partial charge in [-0.25, -0.2) is 8.42 Å². The molecule has 9 heteroatoms. The molecule has 0 atom stereocenters. The zero-order chi connectivity index (χ0) is 18.7. The topological polar surface area (TPSA) is 67.9 Å². The number of hydrogen-bond donors (Lipinski definition) is 1. The van der Waals surface area contributed by atoms with Crippen LogP contribution < -0.4 is 14.4 Å². The van der Waals surface area contributed by atoms with Crippen LogP contribution in [-0.2, 0) is 14.8 Å². The van der Waals surface area contributed by atoms with E-state index in [1.807, 2.05) is 4.90 Å². The van der Waals surface area contributed by atoms with Crippen LogP contribution >= 0.6 is 27.5 Å². The maximum atomic E-state index is 13.0. The number of methoxy groups -OCH3 is 1. The second kappa shape index (κ2) is 8.04. The van der Waals surface area contributed by atoms with Crippen molar-refractivity contribution in [1.29, 1.82) is 0 Å². The van der Waals surface area contributed by atoms with E-state index in [9.17, 15) is 8.42 Å². The summed E-state index contributed by atoms with van der Waals surface area (Å²) in [4.78, 5) is 2.06. The monoisotopic (exact) mass is 460 g/mol. The number of ether oxygens (including phenoxy) is 2. The standard InChI is InChI=1S/C17H18BrClN2O4S/c1-24-15-6-5-12(18)11-16(15)26(22,23)20-14-4-2-3-13(19)17(14)21-7-9-25-10-8-21/h2-6,11,20H,7-10H2,1H3. The van der Waals surface area contributed by atoms with Gasteiger partial charge in [0.15, 0.2) is 0 Å². The predicted octanol–water partition coefficient (Wildman–Crippen LogP) is 3.75. The number of morpholine rings is 1. The van der Waals surface area contributed by atoms with Gasteiger partial charge in [-0.05, 0) is 30.3 Å². The summed E-state index contributed by atoms with van der Waals surface area (Å²) < 4.78 is 39.8. The maximum absolute atomic E-state index is 13.0. The molecule has 1 aliphatic rings. The molecular weight excluding hydrogens is 444 g/mol. The molecule has 2 aromatic rings. The van der Waals surface area contributed by atoms with Crippen molar-refractivity contribution < 1.29 is 17.9 Å². The molecule has 140 valence electrons. The molecule has 0 spiro atoms. The highest BCUT2D eigenvalue weighted by molar-refractivity contribution is 9.10. The summed E-state index contributed by atoms with van der Waals surface area (Å²) in [5.41, 5.74) is 1.07. The molecule has 0 bridgehead atoms. The molecule has 0 amide bonds. The van der Waals surface area contributed by atoms with E-state index in [0.29, 0.717) is 47.2 Å². The third-order valence-corrected chi connectivity index (χ3v) is 6.16. The van der Waals surface area contributed by atoms with Gasteiger partial charge in [-0.3, -0.25) is 4.72 Å². The molecule has 1 aliphatic heterocycles. The van der Waals surface area contributed by atoms with E-state index in [2.05, 4.69) is 20.7 Å². The van der Waals surface area contributed by atoms with Gasteiger partial charge >= 0.3 is 0 Å². The third-order valence-electron chi connectivity index (χ3n) is 3.97. The SMILES string of the molecule is COc1ccc(Br)cc1S(=O)(=O)Nc1cccc(Cl)c1N1CCOCC1. The number of rotatable bonds is 5. The third kappa shape index (κ3) is 4.09. The first-order valence-electron chi connectivity index (χ1n) is 7.90. The zero-order valence-corrected chi connectivity index (χ0v) is 17.2. The lowest BCUT2D eigenvalue weighted by Gasteiger charge is -2.31. The van der Waals surface area contributed by atoms with Crippen LogP contribution in [0.1, 0.15) is 0 Å². The van der Waals surface area contributed by atoms with Crippen LogP contribution in [0.5, 0.6) is 5.75 Å². The number of nitrogens with zero attached hydrogens (tertiary/aromatic N) is 1. The Morgan fingerprint density at radius 2 is 1.96 bits per heavy atom. The van der Waals surface area contributed by atoms with Crippen molar-refractivity contribution in [1.82, 2.24) is 0 Å². The van der Waals surface area contributed by atoms with Crippen LogP contribution in [0.15, 0.2) is 45.8 Å². The van der Waals surface area contributed by atoms with Crippen molar-refractivity contribution in [2.45, 2.75) is 4.90 Å². The van der Waals surface area contributed by atoms with Crippen LogP contribution in [0.25, 0.3) is 0 Å². The number of sulfonamides is 1. The lowest BCUT2D eigenvalue weighted by atomic mass is 10.2. The van der Waals surface area contributed by atoms with E-state index in [-0.39, 0.29) is 10.6 Å². The van der Waals surface area contributed by atoms with Crippen molar-refractivity contribution in [2.75, 3.05) is 43.0 Å². The highest BCUT2D eigenvalue weighted by Crippen LogP contribution is 2.37. The Bertz CT molecular complexity index is 902. The molecule has 0 saturated carbocycles. The van der Waals surface area contributed by atoms with Gasteiger partial charge in [0, 0.05) is 17.6 Å². The van der Waals surface area contributed by atoms with Gasteiger partial charge < -0.3 is 14.4 Å². The summed E-state index contributed by atoms with van der Waals surface area (Å²) >= 11 is 9.67. The van der Waals surface area contributed by atoms with E-state index < -0.39 is 10.0 Å². The van der Waals surface area contributed by atoms with Crippen LogP contribution in [0.2, 0.25) is 5.02 Å². The van der Waals surface area contributed by atoms with Gasteiger partial charge in [0.2, 0.25) is 0 Å². The first kappa shape index (κ1) is 19.3. The fourth-order valence-electron chi connectivity index (χ4n) is 2.77. The van der Waals surface area contributed by atoms with Gasteiger partial charge in [-0.15, -0.1) is 0 Å². The zero-order valence-electron chi connectivity index (χ0n) is 14.0. The van der Waals surface area contributed by atoms with Crippen molar-refractivity contribution in [2.24, 2.45) is 0 Å². The fourth-order valence-corrected chi connectivity index (χ4v) is 4.84. The van der Waals surface area contributed by atoms with E-state index in [1.165, 1.54) is 13.2 Å². The Balaban J connectivity index is 2.01. The predicted molar refractivity (Wildman–Crippen MR) is 106 cm³/mol. The summed E-state index contributed by atoms with van der Waals surface area (Å²) in [6, 6.07) is 9.96. The summed E-state index contributed by atoms with van der Waals surface area (Å²) in [7, 11) is -2.45. The first-order chi connectivity index (χ1) is 12.4. The van der Waals surface area contributed by atoms with Crippen LogP contribution in [0.3, 0.4) is 0 Å². The number of para-hydroxylation sites is 1. The summed E-state index contributed by atoms with van der Waals surface area (Å²) in [5.74, 6) is 0.260. The highest BCUT2D eigenvalue weighted by Gasteiger charge is 2.24. The molecule has 1 fully saturated rings. The van der Waals surface area contributed by atoms with E-state index >= 15 is 0 Å². The van der Waals surface area contributed by atoms with Gasteiger partial charge in [-0.1, -0.05) is 33.6 Å². The molecule has 0 aromatic heterocycles. The molecule has 3 rings (SSSR count). The molecule has 2 aromatic carbocycles. The molecule has 1 N–H and O–H groups in total. The molecule has 26 heavy (non-hydrogen) atoms. The number of hydrogen-bond acceptors (Lipinski definition) is 5. The van der Waals surface area contributed by atoms with E-state index in [1.54, 1.807) is 30.3 Å². The molecule has 0 aliphatic carbocycles. The Kier molecular flexibility index (Phi) is 5.96. The maximum Gasteiger partial charge on any atom is 0.265 e. The fraction of sp³-hybridized carbons (Fsp3) is 0.294. The smallest absolute Gasteiger partial charge is 0.265 e. The van der Waals surface area contributed by atoms with Gasteiger partial charge in [0.05, 0.1) is 36.7 Å². The van der Waals surface area contributed by atoms with E-state index in [0.717, 1.165) is 0 Å². The normalized spacial score (nSPS) is 15.0. The van der Waals surface area contributed by atoms with Crippen molar-refractivity contribution in [3.05, 3.63) is 45.9 Å². The first-order valence-corrected chi connectivity index (χ1v) is 10.6. The summed E-state index contributed by atoms with van der Waals surface area (Å²) in [6.45, 7) is 2.41. The lowest BCUT2D eigenvalue weighted by Crippen LogP contribution is -2.37. The van der Waals surface area contributed by atoms with Crippen molar-refractivity contribution in [3.63, 3.8) is 0 Å². The summed E-state index contributed by atoms with van der Waals surface area (Å²) in [6.07, 6.45) is 0. The number of anilines is 2. The molecule has 6 nitrogen and oxygen atoms in total. The van der Waals surface area contributed by atoms with Crippen molar-refractivity contribution >= 4 is 48.9 Å². The Hall–Kier alpha value is -1.48. The van der Waals surface area contributed by atoms with Gasteiger partial charge in [-0.2, -0.15) is 0 Å². The number of benzene rings is 2. The Morgan fingerprint density at radius 1 is 1.23 bits per heavy atom. The van der Waals surface area contributed by atoms with Crippen LogP contribution in [0, 0.1) is 0 Å². The average Bonchev–Trinajstić information content (AvgIpc) is 2.62. The quantitative estimate of drug-likeness (QED) is 0.734. The largest absolute Gasteiger partial charge is 0.495 e. The lowest BCUT2D eigenvalue weighted by molar-refractivity contribution is 0.123. The second-order valence-electron chi connectivity index (χ2n) is 5.64. The van der Waals surface area contributed by atoms with Gasteiger partial charge in [0.25, 0.3) is 10.0 Å². The van der Waals surface area contributed by atoms with Crippen LogP contribution in [-0.4, -0.2) is 41.8 Å². The minimum atomic E-state index is -3.88. The Labute approximate surface area is 166 Å². The molecule has 0 unspecified atom stereocenters. The van der Waals surface area contributed by atoms with Crippen molar-refractivity contribution in [3.8, 4) is 5.75 Å². The minimum Gasteiger partial charge on any atom is -0.495 e.